The van der Waals surface area contributed by atoms with E-state index < -0.39 is 0 Å². The van der Waals surface area contributed by atoms with E-state index in [0.29, 0.717) is 36.9 Å². The maximum absolute atomic E-state index is 12.3. The Kier molecular flexibility index (Phi) is 3.55. The molecule has 1 N–H and O–H groups in total. The minimum Gasteiger partial charge on any atom is -0.350 e. The largest absolute Gasteiger partial charge is 0.350 e. The summed E-state index contributed by atoms with van der Waals surface area (Å²) in [5.41, 5.74) is 0.888. The molecule has 9 nitrogen and oxygen atoms in total. The molecule has 2 fully saturated rings. The van der Waals surface area contributed by atoms with Crippen molar-refractivity contribution in [2.24, 2.45) is 13.0 Å². The molecule has 0 bridgehead atoms. The van der Waals surface area contributed by atoms with Crippen molar-refractivity contribution in [3.63, 3.8) is 0 Å². The van der Waals surface area contributed by atoms with Gasteiger partial charge in [0.05, 0.1) is 12.2 Å². The molecule has 0 unspecified atom stereocenters. The summed E-state index contributed by atoms with van der Waals surface area (Å²) in [6, 6.07) is 1.76. The number of amides is 2. The number of nitrogens with zero attached hydrogens (tertiary/aromatic N) is 6. The molecule has 126 valence electrons. The highest BCUT2D eigenvalue weighted by Crippen LogP contribution is 2.27. The lowest BCUT2D eigenvalue weighted by molar-refractivity contribution is 0.0487. The highest BCUT2D eigenvalue weighted by Gasteiger charge is 2.34. The van der Waals surface area contributed by atoms with Crippen LogP contribution in [0.3, 0.4) is 0 Å². The SMILES string of the molecule is Cn1nccc1C(=O)N1CC(n2cc(C(=O)NCC3CC3)nn2)C1. The van der Waals surface area contributed by atoms with Gasteiger partial charge in [0.15, 0.2) is 5.69 Å². The van der Waals surface area contributed by atoms with Crippen molar-refractivity contribution in [3.05, 3.63) is 29.8 Å². The van der Waals surface area contributed by atoms with E-state index in [1.807, 2.05) is 0 Å². The fourth-order valence-corrected chi connectivity index (χ4v) is 2.74. The first-order valence-corrected chi connectivity index (χ1v) is 8.09. The fourth-order valence-electron chi connectivity index (χ4n) is 2.74. The molecular weight excluding hydrogens is 310 g/mol. The van der Waals surface area contributed by atoms with E-state index >= 15 is 0 Å². The lowest BCUT2D eigenvalue weighted by Gasteiger charge is -2.38. The standard InChI is InChI=1S/C15H19N7O2/c1-20-13(4-5-17-20)15(24)21-7-11(8-21)22-9-12(18-19-22)14(23)16-6-10-2-3-10/h4-5,9-11H,2-3,6-8H2,1H3,(H,16,23). The highest BCUT2D eigenvalue weighted by molar-refractivity contribution is 5.93. The lowest BCUT2D eigenvalue weighted by Crippen LogP contribution is -2.51. The van der Waals surface area contributed by atoms with Gasteiger partial charge in [-0.3, -0.25) is 14.3 Å². The minimum absolute atomic E-state index is 0.0474. The Morgan fingerprint density at radius 1 is 1.33 bits per heavy atom. The van der Waals surface area contributed by atoms with Crippen molar-refractivity contribution in [1.29, 1.82) is 0 Å². The van der Waals surface area contributed by atoms with Crippen LogP contribution in [-0.2, 0) is 7.05 Å². The quantitative estimate of drug-likeness (QED) is 0.822. The second kappa shape index (κ2) is 5.73. The molecule has 3 heterocycles. The number of hydrogen-bond donors (Lipinski definition) is 1. The first-order chi connectivity index (χ1) is 11.6. The third-order valence-corrected chi connectivity index (χ3v) is 4.55. The number of nitrogens with one attached hydrogen (secondary N) is 1. The lowest BCUT2D eigenvalue weighted by atomic mass is 10.1. The minimum atomic E-state index is -0.185. The van der Waals surface area contributed by atoms with Crippen LogP contribution in [0.4, 0.5) is 0 Å². The molecule has 2 aliphatic rings. The first kappa shape index (κ1) is 14.9. The van der Waals surface area contributed by atoms with Crippen molar-refractivity contribution < 1.29 is 9.59 Å². The summed E-state index contributed by atoms with van der Waals surface area (Å²) >= 11 is 0. The molecule has 0 aromatic carbocycles. The number of aryl methyl sites for hydroxylation is 1. The van der Waals surface area contributed by atoms with Crippen LogP contribution in [0.1, 0.15) is 39.9 Å². The van der Waals surface area contributed by atoms with Gasteiger partial charge in [-0.2, -0.15) is 5.10 Å². The Labute approximate surface area is 138 Å². The van der Waals surface area contributed by atoms with Crippen molar-refractivity contribution in [1.82, 2.24) is 35.0 Å². The Morgan fingerprint density at radius 3 is 2.79 bits per heavy atom. The van der Waals surface area contributed by atoms with Crippen LogP contribution in [0.25, 0.3) is 0 Å². The molecule has 24 heavy (non-hydrogen) atoms. The van der Waals surface area contributed by atoms with E-state index in [1.54, 1.807) is 39.8 Å². The van der Waals surface area contributed by atoms with Crippen molar-refractivity contribution in [2.75, 3.05) is 19.6 Å². The van der Waals surface area contributed by atoms with Crippen LogP contribution in [0, 0.1) is 5.92 Å². The molecule has 0 radical (unpaired) electrons. The number of carbonyl (C=O) groups excluding carboxylic acids is 2. The van der Waals surface area contributed by atoms with Crippen LogP contribution in [0.15, 0.2) is 18.5 Å². The highest BCUT2D eigenvalue weighted by atomic mass is 16.2. The Balaban J connectivity index is 1.33. The van der Waals surface area contributed by atoms with E-state index in [9.17, 15) is 9.59 Å². The van der Waals surface area contributed by atoms with Gasteiger partial charge in [0, 0.05) is 32.9 Å². The number of hydrogen-bond acceptors (Lipinski definition) is 5. The van der Waals surface area contributed by atoms with E-state index in [-0.39, 0.29) is 17.9 Å². The first-order valence-electron chi connectivity index (χ1n) is 8.09. The van der Waals surface area contributed by atoms with Crippen LogP contribution in [0.2, 0.25) is 0 Å². The molecule has 2 aromatic rings. The van der Waals surface area contributed by atoms with Crippen LogP contribution in [0.5, 0.6) is 0 Å². The van der Waals surface area contributed by atoms with Crippen molar-refractivity contribution in [3.8, 4) is 0 Å². The third kappa shape index (κ3) is 2.77. The summed E-state index contributed by atoms with van der Waals surface area (Å²) in [5, 5.41) is 14.8. The monoisotopic (exact) mass is 329 g/mol. The maximum Gasteiger partial charge on any atom is 0.273 e. The number of aromatic nitrogens is 5. The van der Waals surface area contributed by atoms with Gasteiger partial charge in [0.2, 0.25) is 0 Å². The van der Waals surface area contributed by atoms with Crippen LogP contribution < -0.4 is 5.32 Å². The van der Waals surface area contributed by atoms with Crippen molar-refractivity contribution in [2.45, 2.75) is 18.9 Å². The van der Waals surface area contributed by atoms with Crippen LogP contribution in [-0.4, -0.2) is 61.1 Å². The molecule has 2 amide bonds. The predicted molar refractivity (Wildman–Crippen MR) is 83.2 cm³/mol. The van der Waals surface area contributed by atoms with E-state index in [0.717, 1.165) is 0 Å². The fraction of sp³-hybridized carbons (Fsp3) is 0.533. The summed E-state index contributed by atoms with van der Waals surface area (Å²) in [6.07, 6.45) is 5.64. The predicted octanol–water partition coefficient (Wildman–Crippen LogP) is -0.151. The molecule has 1 saturated carbocycles. The third-order valence-electron chi connectivity index (χ3n) is 4.55. The van der Waals surface area contributed by atoms with Gasteiger partial charge in [-0.05, 0) is 24.8 Å². The zero-order chi connectivity index (χ0) is 16.7. The zero-order valence-corrected chi connectivity index (χ0v) is 13.4. The molecule has 0 atom stereocenters. The molecule has 9 heteroatoms. The zero-order valence-electron chi connectivity index (χ0n) is 13.4. The Hall–Kier alpha value is -2.71. The van der Waals surface area contributed by atoms with Gasteiger partial charge in [-0.15, -0.1) is 5.10 Å². The normalized spacial score (nSPS) is 17.6. The summed E-state index contributed by atoms with van der Waals surface area (Å²) in [6.45, 7) is 1.81. The van der Waals surface area contributed by atoms with E-state index in [1.165, 1.54) is 12.8 Å². The number of rotatable bonds is 5. The van der Waals surface area contributed by atoms with Crippen molar-refractivity contribution >= 4 is 11.8 Å². The van der Waals surface area contributed by atoms with Gasteiger partial charge < -0.3 is 10.2 Å². The topological polar surface area (TPSA) is 97.9 Å². The van der Waals surface area contributed by atoms with Gasteiger partial charge in [-0.1, -0.05) is 5.21 Å². The summed E-state index contributed by atoms with van der Waals surface area (Å²) < 4.78 is 3.23. The molecule has 4 rings (SSSR count). The molecule has 0 spiro atoms. The number of carbonyl (C=O) groups is 2. The molecule has 2 aromatic heterocycles. The van der Waals surface area contributed by atoms with Gasteiger partial charge in [0.1, 0.15) is 5.69 Å². The van der Waals surface area contributed by atoms with Gasteiger partial charge in [-0.25, -0.2) is 4.68 Å². The molecule has 1 aliphatic carbocycles. The molecule has 1 aliphatic heterocycles. The Bertz CT molecular complexity index is 770. The second-order valence-electron chi connectivity index (χ2n) is 6.44. The average molecular weight is 329 g/mol. The van der Waals surface area contributed by atoms with E-state index in [2.05, 4.69) is 20.7 Å². The summed E-state index contributed by atoms with van der Waals surface area (Å²) in [5.74, 6) is 0.395. The summed E-state index contributed by atoms with van der Waals surface area (Å²) in [4.78, 5) is 26.0. The van der Waals surface area contributed by atoms with E-state index in [4.69, 9.17) is 0 Å². The molecule has 1 saturated heterocycles. The summed E-state index contributed by atoms with van der Waals surface area (Å²) in [7, 11) is 1.74. The smallest absolute Gasteiger partial charge is 0.273 e. The van der Waals surface area contributed by atoms with Gasteiger partial charge in [0.25, 0.3) is 11.8 Å². The molecular formula is C15H19N7O2. The number of likely N-dealkylation sites (tertiary alicyclic amines) is 1. The van der Waals surface area contributed by atoms with Crippen LogP contribution >= 0.6 is 0 Å². The Morgan fingerprint density at radius 2 is 2.12 bits per heavy atom. The van der Waals surface area contributed by atoms with Gasteiger partial charge >= 0.3 is 0 Å². The second-order valence-corrected chi connectivity index (χ2v) is 6.44. The maximum atomic E-state index is 12.3. The average Bonchev–Trinajstić information content (AvgIpc) is 3.05.